The van der Waals surface area contributed by atoms with Crippen LogP contribution in [0.1, 0.15) is 41.7 Å². The van der Waals surface area contributed by atoms with Gasteiger partial charge in [0.2, 0.25) is 10.0 Å². The minimum atomic E-state index is -4.35. The van der Waals surface area contributed by atoms with Crippen LogP contribution in [0.5, 0.6) is 17.2 Å². The van der Waals surface area contributed by atoms with Gasteiger partial charge in [-0.2, -0.15) is 0 Å². The van der Waals surface area contributed by atoms with Crippen molar-refractivity contribution in [2.75, 3.05) is 20.0 Å². The maximum atomic E-state index is 13.3. The molecule has 2 unspecified atom stereocenters. The number of hydrogen-bond donors (Lipinski definition) is 4. The number of anilines is 1. The lowest BCUT2D eigenvalue weighted by Gasteiger charge is -2.34. The van der Waals surface area contributed by atoms with Crippen LogP contribution in [-0.4, -0.2) is 32.9 Å². The number of phenolic OH excluding ortho intramolecular Hbond substituents is 1. The minimum Gasteiger partial charge on any atom is -0.507 e. The first kappa shape index (κ1) is 25.4. The van der Waals surface area contributed by atoms with E-state index in [-0.39, 0.29) is 29.7 Å². The van der Waals surface area contributed by atoms with Crippen molar-refractivity contribution in [1.82, 2.24) is 0 Å². The van der Waals surface area contributed by atoms with Crippen molar-refractivity contribution in [1.29, 1.82) is 0 Å². The second-order valence-corrected chi connectivity index (χ2v) is 9.85. The number of phenols is 1. The number of methoxy groups -OCH3 is 2. The Kier molecular flexibility index (Phi) is 7.40. The fourth-order valence-electron chi connectivity index (χ4n) is 4.35. The molecule has 3 rings (SSSR count). The van der Waals surface area contributed by atoms with Crippen LogP contribution in [0.15, 0.2) is 60.7 Å². The first-order valence-electron chi connectivity index (χ1n) is 10.7. The van der Waals surface area contributed by atoms with Gasteiger partial charge >= 0.3 is 0 Å². The Hall–Kier alpha value is -3.27. The third-order valence-electron chi connectivity index (χ3n) is 6.04. The summed E-state index contributed by atoms with van der Waals surface area (Å²) in [4.78, 5) is 0. The van der Waals surface area contributed by atoms with Crippen LogP contribution in [0.3, 0.4) is 0 Å². The summed E-state index contributed by atoms with van der Waals surface area (Å²) in [6.07, 6.45) is -0.846. The molecule has 3 aromatic carbocycles. The number of rotatable bonds is 9. The SMILES string of the molecule is COc1ccc(CCC(c2ccccc2)(c2ccc(N)c(C(C)O)c2O)S(N)(=O)=O)cc1OC. The van der Waals surface area contributed by atoms with Crippen LogP contribution < -0.4 is 20.3 Å². The van der Waals surface area contributed by atoms with E-state index in [4.69, 9.17) is 20.3 Å². The first-order chi connectivity index (χ1) is 16.1. The summed E-state index contributed by atoms with van der Waals surface area (Å²) in [5.41, 5.74) is 7.39. The van der Waals surface area contributed by atoms with Gasteiger partial charge in [0.1, 0.15) is 10.5 Å². The number of benzene rings is 3. The smallest absolute Gasteiger partial charge is 0.223 e. The van der Waals surface area contributed by atoms with Gasteiger partial charge in [-0.15, -0.1) is 0 Å². The fourth-order valence-corrected chi connectivity index (χ4v) is 5.67. The lowest BCUT2D eigenvalue weighted by Crippen LogP contribution is -2.42. The Labute approximate surface area is 199 Å². The second kappa shape index (κ2) is 9.92. The molecule has 9 heteroatoms. The van der Waals surface area contributed by atoms with Gasteiger partial charge in [-0.3, -0.25) is 0 Å². The van der Waals surface area contributed by atoms with Crippen LogP contribution in [0.4, 0.5) is 5.69 Å². The molecule has 2 atom stereocenters. The Bertz CT molecular complexity index is 1260. The van der Waals surface area contributed by atoms with E-state index in [2.05, 4.69) is 0 Å². The van der Waals surface area contributed by atoms with Crippen molar-refractivity contribution in [3.05, 3.63) is 82.9 Å². The van der Waals surface area contributed by atoms with Crippen molar-refractivity contribution >= 4 is 15.7 Å². The summed E-state index contributed by atoms with van der Waals surface area (Å²) in [5.74, 6) is 0.651. The highest BCUT2D eigenvalue weighted by atomic mass is 32.2. The van der Waals surface area contributed by atoms with E-state index < -0.39 is 26.6 Å². The van der Waals surface area contributed by atoms with Gasteiger partial charge in [-0.05, 0) is 49.1 Å². The maximum absolute atomic E-state index is 13.3. The molecule has 34 heavy (non-hydrogen) atoms. The van der Waals surface area contributed by atoms with Crippen LogP contribution in [-0.2, 0) is 21.2 Å². The third-order valence-corrected chi connectivity index (χ3v) is 7.67. The monoisotopic (exact) mass is 486 g/mol. The van der Waals surface area contributed by atoms with Gasteiger partial charge in [-0.1, -0.05) is 42.5 Å². The number of sulfonamides is 1. The van der Waals surface area contributed by atoms with Crippen molar-refractivity contribution in [3.63, 3.8) is 0 Å². The van der Waals surface area contributed by atoms with Gasteiger partial charge in [0, 0.05) is 16.8 Å². The molecule has 0 saturated heterocycles. The van der Waals surface area contributed by atoms with Crippen LogP contribution >= 0.6 is 0 Å². The number of nitrogens with two attached hydrogens (primary N) is 2. The topological polar surface area (TPSA) is 145 Å². The largest absolute Gasteiger partial charge is 0.507 e. The molecule has 0 aromatic heterocycles. The average Bonchev–Trinajstić information content (AvgIpc) is 2.80. The number of primary sulfonamides is 1. The molecule has 0 aliphatic heterocycles. The van der Waals surface area contributed by atoms with Gasteiger partial charge in [0.15, 0.2) is 11.5 Å². The summed E-state index contributed by atoms with van der Waals surface area (Å²) in [5, 5.41) is 27.3. The summed E-state index contributed by atoms with van der Waals surface area (Å²) in [7, 11) is -1.30. The molecule has 0 aliphatic rings. The highest BCUT2D eigenvalue weighted by Crippen LogP contribution is 2.47. The number of aliphatic hydroxyl groups is 1. The Morgan fingerprint density at radius 1 is 1.00 bits per heavy atom. The van der Waals surface area contributed by atoms with Crippen molar-refractivity contribution in [2.24, 2.45) is 5.14 Å². The summed E-state index contributed by atoms with van der Waals surface area (Å²) >= 11 is 0. The van der Waals surface area contributed by atoms with Crippen LogP contribution in [0, 0.1) is 0 Å². The Balaban J connectivity index is 2.25. The second-order valence-electron chi connectivity index (χ2n) is 8.07. The molecule has 0 fully saturated rings. The van der Waals surface area contributed by atoms with Crippen molar-refractivity contribution < 1.29 is 28.1 Å². The van der Waals surface area contributed by atoms with E-state index >= 15 is 0 Å². The molecule has 0 aliphatic carbocycles. The number of hydrogen-bond acceptors (Lipinski definition) is 7. The lowest BCUT2D eigenvalue weighted by atomic mass is 9.83. The quantitative estimate of drug-likeness (QED) is 0.340. The van der Waals surface area contributed by atoms with Gasteiger partial charge in [-0.25, -0.2) is 13.6 Å². The van der Waals surface area contributed by atoms with E-state index in [9.17, 15) is 18.6 Å². The highest BCUT2D eigenvalue weighted by molar-refractivity contribution is 7.90. The molecule has 3 aromatic rings. The standard InChI is InChI=1S/C25H30N2O6S/c1-16(28)23-20(26)11-10-19(24(23)29)25(34(27,30)31,18-7-5-4-6-8-18)14-13-17-9-12-21(32-2)22(15-17)33-3/h4-12,15-16,28-29H,13-14,26H2,1-3H3,(H2,27,30,31). The lowest BCUT2D eigenvalue weighted by molar-refractivity contribution is 0.195. The zero-order chi connectivity index (χ0) is 25.1. The summed E-state index contributed by atoms with van der Waals surface area (Å²) < 4.78 is 35.5. The zero-order valence-corrected chi connectivity index (χ0v) is 20.2. The van der Waals surface area contributed by atoms with E-state index in [1.807, 2.05) is 6.07 Å². The Morgan fingerprint density at radius 3 is 2.21 bits per heavy atom. The average molecular weight is 487 g/mol. The molecule has 8 nitrogen and oxygen atoms in total. The molecule has 0 saturated carbocycles. The van der Waals surface area contributed by atoms with E-state index in [0.29, 0.717) is 17.1 Å². The van der Waals surface area contributed by atoms with Gasteiger partial charge < -0.3 is 25.4 Å². The predicted molar refractivity (Wildman–Crippen MR) is 131 cm³/mol. The number of nitrogen functional groups attached to an aromatic ring is 1. The highest BCUT2D eigenvalue weighted by Gasteiger charge is 2.47. The molecular weight excluding hydrogens is 456 g/mol. The minimum absolute atomic E-state index is 0.00204. The van der Waals surface area contributed by atoms with Crippen molar-refractivity contribution in [2.45, 2.75) is 30.6 Å². The van der Waals surface area contributed by atoms with Crippen molar-refractivity contribution in [3.8, 4) is 17.2 Å². The van der Waals surface area contributed by atoms with E-state index in [1.165, 1.54) is 33.3 Å². The molecule has 0 amide bonds. The number of ether oxygens (including phenoxy) is 2. The Morgan fingerprint density at radius 2 is 1.65 bits per heavy atom. The van der Waals surface area contributed by atoms with Crippen LogP contribution in [0.2, 0.25) is 0 Å². The predicted octanol–water partition coefficient (Wildman–Crippen LogP) is 3.21. The summed E-state index contributed by atoms with van der Waals surface area (Å²) in [6.45, 7) is 1.44. The van der Waals surface area contributed by atoms with E-state index in [0.717, 1.165) is 5.56 Å². The molecule has 0 radical (unpaired) electrons. The molecule has 182 valence electrons. The fraction of sp³-hybridized carbons (Fsp3) is 0.280. The van der Waals surface area contributed by atoms with Crippen LogP contribution in [0.25, 0.3) is 0 Å². The molecule has 0 bridgehead atoms. The molecule has 0 spiro atoms. The maximum Gasteiger partial charge on any atom is 0.223 e. The first-order valence-corrected chi connectivity index (χ1v) is 12.2. The van der Waals surface area contributed by atoms with E-state index in [1.54, 1.807) is 42.5 Å². The molecule has 0 heterocycles. The number of aliphatic hydroxyl groups excluding tert-OH is 1. The number of aryl methyl sites for hydroxylation is 1. The summed E-state index contributed by atoms with van der Waals surface area (Å²) in [6, 6.07) is 16.7. The van der Waals surface area contributed by atoms with Gasteiger partial charge in [0.05, 0.1) is 20.3 Å². The normalized spacial score (nSPS) is 14.3. The number of aromatic hydroxyl groups is 1. The molecule has 6 N–H and O–H groups in total. The molecular formula is C25H30N2O6S. The third kappa shape index (κ3) is 4.54. The van der Waals surface area contributed by atoms with Gasteiger partial charge in [0.25, 0.3) is 0 Å². The zero-order valence-electron chi connectivity index (χ0n) is 19.4.